The van der Waals surface area contributed by atoms with Gasteiger partial charge in [0.25, 0.3) is 0 Å². The predicted octanol–water partition coefficient (Wildman–Crippen LogP) is 9.04. The molecule has 0 spiro atoms. The zero-order valence-corrected chi connectivity index (χ0v) is 24.2. The van der Waals surface area contributed by atoms with E-state index in [4.69, 9.17) is 0 Å². The monoisotopic (exact) mass is 544 g/mol. The summed E-state index contributed by atoms with van der Waals surface area (Å²) in [5.74, 6) is 0. The van der Waals surface area contributed by atoms with E-state index in [1.165, 1.54) is 24.0 Å². The summed E-state index contributed by atoms with van der Waals surface area (Å²) in [5.41, 5.74) is 4.74. The number of benzene rings is 4. The van der Waals surface area contributed by atoms with Gasteiger partial charge in [0.2, 0.25) is 0 Å². The summed E-state index contributed by atoms with van der Waals surface area (Å²) in [6.07, 6.45) is 4.14. The van der Waals surface area contributed by atoms with Crippen LogP contribution >= 0.6 is 7.92 Å². The van der Waals surface area contributed by atoms with E-state index in [0.29, 0.717) is 0 Å². The Kier molecular flexibility index (Phi) is 20.0. The molecule has 0 bridgehead atoms. The summed E-state index contributed by atoms with van der Waals surface area (Å²) in [6.45, 7) is 15.8. The molecular weight excluding hydrogens is 507 g/mol. The molecule has 0 amide bonds. The van der Waals surface area contributed by atoms with Crippen LogP contribution in [0, 0.1) is 20.8 Å². The van der Waals surface area contributed by atoms with Crippen LogP contribution in [-0.2, 0) is 32.4 Å². The van der Waals surface area contributed by atoms with Gasteiger partial charge in [-0.05, 0) is 19.4 Å². The van der Waals surface area contributed by atoms with Gasteiger partial charge in [0.05, 0.1) is 18.5 Å². The van der Waals surface area contributed by atoms with Crippen LogP contribution < -0.4 is 0 Å². The van der Waals surface area contributed by atoms with Crippen LogP contribution in [0.1, 0.15) is 36.1 Å². The molecule has 0 aromatic heterocycles. The molecule has 175 valence electrons. The van der Waals surface area contributed by atoms with Crippen LogP contribution in [0.5, 0.6) is 0 Å². The molecule has 0 nitrogen and oxygen atoms in total. The molecule has 0 unspecified atom stereocenters. The normalized spacial score (nSPS) is 9.03. The third-order valence-corrected chi connectivity index (χ3v) is 7.73. The number of rotatable bonds is 4. The van der Waals surface area contributed by atoms with Crippen molar-refractivity contribution >= 4 is 7.92 Å². The first-order chi connectivity index (χ1) is 16.0. The van der Waals surface area contributed by atoms with E-state index < -0.39 is 0 Å². The van der Waals surface area contributed by atoms with Crippen LogP contribution in [0.3, 0.4) is 0 Å². The first-order valence-electron chi connectivity index (χ1n) is 11.5. The fraction of sp³-hybridized carbons (Fsp3) is 0.156. The third kappa shape index (κ3) is 17.3. The predicted molar refractivity (Wildman–Crippen MR) is 152 cm³/mol. The zero-order chi connectivity index (χ0) is 24.2. The van der Waals surface area contributed by atoms with Gasteiger partial charge in [-0.25, -0.2) is 0 Å². The van der Waals surface area contributed by atoms with Crippen molar-refractivity contribution in [2.45, 2.75) is 20.0 Å². The summed E-state index contributed by atoms with van der Waals surface area (Å²) in [4.78, 5) is 0. The van der Waals surface area contributed by atoms with Gasteiger partial charge in [0.1, 0.15) is 0 Å². The van der Waals surface area contributed by atoms with Gasteiger partial charge in [-0.1, -0.05) is 48.5 Å². The van der Waals surface area contributed by atoms with E-state index in [9.17, 15) is 0 Å². The summed E-state index contributed by atoms with van der Waals surface area (Å²) in [6, 6.07) is 40.5. The van der Waals surface area contributed by atoms with Gasteiger partial charge in [-0.3, -0.25) is 0 Å². The first-order valence-corrected chi connectivity index (χ1v) is 13.7. The fourth-order valence-electron chi connectivity index (χ4n) is 2.82. The fourth-order valence-corrected chi connectivity index (χ4v) is 4.63. The molecule has 0 saturated carbocycles. The van der Waals surface area contributed by atoms with Crippen LogP contribution in [0.25, 0.3) is 0 Å². The summed E-state index contributed by atoms with van der Waals surface area (Å²) in [5, 5.41) is 0. The van der Waals surface area contributed by atoms with Crippen molar-refractivity contribution in [2.75, 3.05) is 12.3 Å². The quantitative estimate of drug-likeness (QED) is 0.177. The van der Waals surface area contributed by atoms with Crippen molar-refractivity contribution in [1.29, 1.82) is 0 Å². The van der Waals surface area contributed by atoms with E-state index in [2.05, 4.69) is 65.0 Å². The van der Waals surface area contributed by atoms with Crippen molar-refractivity contribution in [3.63, 3.8) is 0 Å². The van der Waals surface area contributed by atoms with E-state index in [1.54, 1.807) is 0 Å². The molecule has 2 heteroatoms. The minimum absolute atomic E-state index is 0. The first kappa shape index (κ1) is 31.8. The van der Waals surface area contributed by atoms with Gasteiger partial charge in [-0.15, -0.1) is 36.4 Å². The second-order valence-corrected chi connectivity index (χ2v) is 10.8. The van der Waals surface area contributed by atoms with Crippen molar-refractivity contribution in [2.24, 2.45) is 0 Å². The Morgan fingerprint density at radius 2 is 0.735 bits per heavy atom. The van der Waals surface area contributed by atoms with Crippen molar-refractivity contribution in [1.82, 2.24) is 0 Å². The molecule has 0 aliphatic rings. The summed E-state index contributed by atoms with van der Waals surface area (Å²) in [7, 11) is -0.0756. The van der Waals surface area contributed by atoms with Crippen molar-refractivity contribution in [3.8, 4) is 0 Å². The van der Waals surface area contributed by atoms with E-state index in [1.807, 2.05) is 91.0 Å². The topological polar surface area (TPSA) is 0 Å². The van der Waals surface area contributed by atoms with Crippen LogP contribution in [-0.4, -0.2) is 12.3 Å². The maximum Gasteiger partial charge on any atom is 3.00 e. The molecule has 0 aliphatic carbocycles. The van der Waals surface area contributed by atoms with Crippen LogP contribution in [0.2, 0.25) is 0 Å². The molecule has 0 aliphatic heterocycles. The number of hydrogen-bond acceptors (Lipinski definition) is 0. The Balaban J connectivity index is 0.000000437. The van der Waals surface area contributed by atoms with Gasteiger partial charge >= 0.3 is 26.2 Å². The van der Waals surface area contributed by atoms with E-state index in [0.717, 1.165) is 16.7 Å². The van der Waals surface area contributed by atoms with Gasteiger partial charge in [0, 0.05) is 7.92 Å². The minimum Gasteiger partial charge on any atom is -0.199 e. The molecule has 0 saturated heterocycles. The van der Waals surface area contributed by atoms with Crippen LogP contribution in [0.4, 0.5) is 0 Å². The Morgan fingerprint density at radius 1 is 0.471 bits per heavy atom. The molecule has 0 N–H and O–H groups in total. The molecule has 4 rings (SSSR count). The Labute approximate surface area is 229 Å². The van der Waals surface area contributed by atoms with Gasteiger partial charge < -0.3 is 0 Å². The van der Waals surface area contributed by atoms with Gasteiger partial charge in [0.15, 0.2) is 0 Å². The Morgan fingerprint density at radius 3 is 0.941 bits per heavy atom. The zero-order valence-electron chi connectivity index (χ0n) is 20.8. The summed E-state index contributed by atoms with van der Waals surface area (Å²) >= 11 is 0. The summed E-state index contributed by atoms with van der Waals surface area (Å²) < 4.78 is 0. The number of hydrogen-bond donors (Lipinski definition) is 0. The maximum absolute atomic E-state index is 3.72. The molecule has 4 aromatic carbocycles. The SMILES string of the molecule is CC[PH+](CC)Cc1ccccc1.[CH2-]c1ccccc1.[CH2-]c1ccccc1.[CH2-]c1ccccc1.[Zr+3]. The standard InChI is InChI=1S/C11H17P.3C7H7.Zr/c1-3-12(4-2)10-11-8-6-5-7-9-11;3*1-7-5-3-2-4-6-7;/h5-9H,3-4,10H2,1-2H3;3*2-6H,1H2;/q;3*-1;+3/p+1. The smallest absolute Gasteiger partial charge is 0.199 e. The Hall–Kier alpha value is -2.20. The average molecular weight is 546 g/mol. The molecule has 0 atom stereocenters. The van der Waals surface area contributed by atoms with Gasteiger partial charge in [-0.2, -0.15) is 73.9 Å². The average Bonchev–Trinajstić information content (AvgIpc) is 2.86. The largest absolute Gasteiger partial charge is 3.00 e. The molecular formula is C32H39PZr+. The molecule has 34 heavy (non-hydrogen) atoms. The molecule has 0 fully saturated rings. The van der Waals surface area contributed by atoms with E-state index in [-0.39, 0.29) is 34.1 Å². The third-order valence-electron chi connectivity index (χ3n) is 4.83. The molecule has 0 heterocycles. The maximum atomic E-state index is 3.72. The van der Waals surface area contributed by atoms with Crippen molar-refractivity contribution < 1.29 is 26.2 Å². The second-order valence-electron chi connectivity index (χ2n) is 7.58. The second kappa shape index (κ2) is 21.3. The Bertz CT molecular complexity index is 832. The van der Waals surface area contributed by atoms with E-state index >= 15 is 0 Å². The molecule has 4 aromatic rings. The van der Waals surface area contributed by atoms with Crippen molar-refractivity contribution in [3.05, 3.63) is 164 Å². The van der Waals surface area contributed by atoms with Crippen LogP contribution in [0.15, 0.2) is 121 Å². The molecule has 1 radical (unpaired) electrons. The minimum atomic E-state index is -0.0756.